The molecule has 0 spiro atoms. The molecule has 2 rings (SSSR count). The number of nitrogens with one attached hydrogen (secondary N) is 1. The molecule has 3 atom stereocenters. The molecular formula is C17H33ClN2O2. The second-order valence-corrected chi connectivity index (χ2v) is 6.63. The number of ether oxygens (including phenoxy) is 1. The van der Waals surface area contributed by atoms with E-state index in [1.54, 1.807) is 0 Å². The van der Waals surface area contributed by atoms with Crippen LogP contribution in [0.3, 0.4) is 0 Å². The zero-order valence-corrected chi connectivity index (χ0v) is 15.4. The molecule has 1 aliphatic heterocycles. The quantitative estimate of drug-likeness (QED) is 0.813. The predicted octanol–water partition coefficient (Wildman–Crippen LogP) is 2.85. The Labute approximate surface area is 141 Å². The van der Waals surface area contributed by atoms with Crippen molar-refractivity contribution in [2.75, 3.05) is 26.7 Å². The molecule has 22 heavy (non-hydrogen) atoms. The lowest BCUT2D eigenvalue weighted by Crippen LogP contribution is -2.65. The minimum atomic E-state index is 0. The number of hydrogen-bond acceptors (Lipinski definition) is 3. The van der Waals surface area contributed by atoms with E-state index in [2.05, 4.69) is 26.1 Å². The normalized spacial score (nSPS) is 30.1. The summed E-state index contributed by atoms with van der Waals surface area (Å²) in [5.74, 6) is 0.495. The van der Waals surface area contributed by atoms with Crippen molar-refractivity contribution in [3.05, 3.63) is 0 Å². The van der Waals surface area contributed by atoms with E-state index >= 15 is 0 Å². The van der Waals surface area contributed by atoms with E-state index in [1.165, 1.54) is 0 Å². The maximum absolute atomic E-state index is 12.8. The first-order valence-corrected chi connectivity index (χ1v) is 8.69. The fourth-order valence-corrected chi connectivity index (χ4v) is 4.39. The van der Waals surface area contributed by atoms with Gasteiger partial charge in [-0.05, 0) is 45.6 Å². The molecule has 0 radical (unpaired) electrons. The number of nitrogens with zero attached hydrogens (tertiary/aromatic N) is 1. The molecule has 4 nitrogen and oxygen atoms in total. The summed E-state index contributed by atoms with van der Waals surface area (Å²) in [6, 6.07) is 0.346. The molecule has 5 heteroatoms. The molecule has 1 aliphatic carbocycles. The molecule has 130 valence electrons. The van der Waals surface area contributed by atoms with E-state index < -0.39 is 0 Å². The van der Waals surface area contributed by atoms with Gasteiger partial charge in [-0.3, -0.25) is 4.79 Å². The van der Waals surface area contributed by atoms with Crippen molar-refractivity contribution in [1.82, 2.24) is 10.2 Å². The van der Waals surface area contributed by atoms with Gasteiger partial charge in [-0.2, -0.15) is 0 Å². The molecule has 3 unspecified atom stereocenters. The van der Waals surface area contributed by atoms with Crippen LogP contribution in [0.1, 0.15) is 52.9 Å². The average molecular weight is 333 g/mol. The molecule has 2 fully saturated rings. The topological polar surface area (TPSA) is 41.6 Å². The van der Waals surface area contributed by atoms with Gasteiger partial charge >= 0.3 is 0 Å². The molecule has 0 aromatic heterocycles. The molecule has 0 aromatic carbocycles. The highest BCUT2D eigenvalue weighted by Gasteiger charge is 2.56. The maximum Gasteiger partial charge on any atom is 0.226 e. The van der Waals surface area contributed by atoms with Gasteiger partial charge in [0.2, 0.25) is 5.91 Å². The van der Waals surface area contributed by atoms with Gasteiger partial charge in [0.1, 0.15) is 0 Å². The van der Waals surface area contributed by atoms with Crippen LogP contribution < -0.4 is 5.32 Å². The van der Waals surface area contributed by atoms with Gasteiger partial charge in [0, 0.05) is 31.7 Å². The SMILES string of the molecule is CCOC1CC(N(C)C(=O)C2CCCNC2)C1(CC)CC.Cl. The van der Waals surface area contributed by atoms with Crippen LogP contribution in [0.2, 0.25) is 0 Å². The van der Waals surface area contributed by atoms with Gasteiger partial charge in [-0.1, -0.05) is 13.8 Å². The van der Waals surface area contributed by atoms with E-state index in [-0.39, 0.29) is 23.7 Å². The second-order valence-electron chi connectivity index (χ2n) is 6.63. The lowest BCUT2D eigenvalue weighted by molar-refractivity contribution is -0.179. The standard InChI is InChI=1S/C17H32N2O2.ClH/c1-5-17(6-2)14(11-15(17)21-7-3)19(4)16(20)13-9-8-10-18-12-13;/h13-15,18H,5-12H2,1-4H3;1H. The molecule has 1 N–H and O–H groups in total. The van der Waals surface area contributed by atoms with Crippen LogP contribution in [0, 0.1) is 11.3 Å². The summed E-state index contributed by atoms with van der Waals surface area (Å²) >= 11 is 0. The van der Waals surface area contributed by atoms with Crippen molar-refractivity contribution in [3.63, 3.8) is 0 Å². The highest BCUT2D eigenvalue weighted by Crippen LogP contribution is 2.51. The molecular weight excluding hydrogens is 300 g/mol. The summed E-state index contributed by atoms with van der Waals surface area (Å²) in [5, 5.41) is 3.35. The number of amides is 1. The summed E-state index contributed by atoms with van der Waals surface area (Å²) in [6.45, 7) is 9.20. The maximum atomic E-state index is 12.8. The fraction of sp³-hybridized carbons (Fsp3) is 0.941. The Hall–Kier alpha value is -0.320. The van der Waals surface area contributed by atoms with Gasteiger partial charge < -0.3 is 15.0 Å². The van der Waals surface area contributed by atoms with Crippen LogP contribution in [0.5, 0.6) is 0 Å². The predicted molar refractivity (Wildman–Crippen MR) is 92.4 cm³/mol. The van der Waals surface area contributed by atoms with Crippen molar-refractivity contribution in [1.29, 1.82) is 0 Å². The number of hydrogen-bond donors (Lipinski definition) is 1. The first kappa shape index (κ1) is 19.7. The monoisotopic (exact) mass is 332 g/mol. The second kappa shape index (κ2) is 8.51. The van der Waals surface area contributed by atoms with E-state index in [0.29, 0.717) is 18.1 Å². The van der Waals surface area contributed by atoms with Gasteiger partial charge in [0.05, 0.1) is 12.0 Å². The van der Waals surface area contributed by atoms with E-state index in [0.717, 1.165) is 51.8 Å². The zero-order chi connectivity index (χ0) is 15.5. The Balaban J connectivity index is 0.00000242. The molecule has 1 heterocycles. The Kier molecular flexibility index (Phi) is 7.63. The largest absolute Gasteiger partial charge is 0.378 e. The summed E-state index contributed by atoms with van der Waals surface area (Å²) in [6.07, 6.45) is 5.63. The van der Waals surface area contributed by atoms with Gasteiger partial charge in [-0.25, -0.2) is 0 Å². The van der Waals surface area contributed by atoms with Gasteiger partial charge in [0.15, 0.2) is 0 Å². The van der Waals surface area contributed by atoms with E-state index in [4.69, 9.17) is 4.74 Å². The molecule has 0 bridgehead atoms. The number of rotatable bonds is 6. The number of piperidine rings is 1. The van der Waals surface area contributed by atoms with Crippen LogP contribution in [-0.4, -0.2) is 49.7 Å². The molecule has 1 saturated carbocycles. The molecule has 0 aromatic rings. The van der Waals surface area contributed by atoms with E-state index in [1.807, 2.05) is 11.9 Å². The van der Waals surface area contributed by atoms with Gasteiger partial charge in [-0.15, -0.1) is 12.4 Å². The third-order valence-corrected chi connectivity index (χ3v) is 5.89. The summed E-state index contributed by atoms with van der Waals surface area (Å²) in [7, 11) is 2.00. The van der Waals surface area contributed by atoms with Crippen molar-refractivity contribution in [2.24, 2.45) is 11.3 Å². The Bertz CT molecular complexity index is 355. The molecule has 1 amide bonds. The summed E-state index contributed by atoms with van der Waals surface area (Å²) in [5.41, 5.74) is 0.155. The molecule has 2 aliphatic rings. The lowest BCUT2D eigenvalue weighted by atomic mass is 9.58. The number of carbonyl (C=O) groups is 1. The van der Waals surface area contributed by atoms with Crippen molar-refractivity contribution < 1.29 is 9.53 Å². The Morgan fingerprint density at radius 3 is 2.50 bits per heavy atom. The number of halogens is 1. The van der Waals surface area contributed by atoms with Crippen LogP contribution in [0.4, 0.5) is 0 Å². The first-order valence-electron chi connectivity index (χ1n) is 8.69. The van der Waals surface area contributed by atoms with Crippen LogP contribution in [0.15, 0.2) is 0 Å². The smallest absolute Gasteiger partial charge is 0.226 e. The summed E-state index contributed by atoms with van der Waals surface area (Å²) in [4.78, 5) is 14.8. The zero-order valence-electron chi connectivity index (χ0n) is 14.6. The van der Waals surface area contributed by atoms with E-state index in [9.17, 15) is 4.79 Å². The fourth-order valence-electron chi connectivity index (χ4n) is 4.39. The van der Waals surface area contributed by atoms with Crippen LogP contribution in [0.25, 0.3) is 0 Å². The van der Waals surface area contributed by atoms with Crippen LogP contribution in [-0.2, 0) is 9.53 Å². The Morgan fingerprint density at radius 1 is 1.32 bits per heavy atom. The minimum absolute atomic E-state index is 0. The molecule has 1 saturated heterocycles. The van der Waals surface area contributed by atoms with Crippen molar-refractivity contribution in [3.8, 4) is 0 Å². The van der Waals surface area contributed by atoms with Crippen LogP contribution >= 0.6 is 12.4 Å². The first-order chi connectivity index (χ1) is 10.1. The lowest BCUT2D eigenvalue weighted by Gasteiger charge is -2.58. The third kappa shape index (κ3) is 3.44. The average Bonchev–Trinajstić information content (AvgIpc) is 2.52. The van der Waals surface area contributed by atoms with Gasteiger partial charge in [0.25, 0.3) is 0 Å². The van der Waals surface area contributed by atoms with Crippen molar-refractivity contribution in [2.45, 2.75) is 65.0 Å². The third-order valence-electron chi connectivity index (χ3n) is 5.89. The number of carbonyl (C=O) groups excluding carboxylic acids is 1. The Morgan fingerprint density at radius 2 is 2.00 bits per heavy atom. The highest BCUT2D eigenvalue weighted by atomic mass is 35.5. The minimum Gasteiger partial charge on any atom is -0.378 e. The van der Waals surface area contributed by atoms with Crippen molar-refractivity contribution >= 4 is 18.3 Å². The highest BCUT2D eigenvalue weighted by molar-refractivity contribution is 5.85. The summed E-state index contributed by atoms with van der Waals surface area (Å²) < 4.78 is 5.93.